The SMILES string of the molecule is CCCc1c(C)nn(-c2nnc3c4ccccc4n(CC)c3n2)c1C. The molecule has 0 aliphatic heterocycles. The van der Waals surface area contributed by atoms with Crippen LogP contribution >= 0.6 is 0 Å². The highest BCUT2D eigenvalue weighted by Crippen LogP contribution is 2.26. The van der Waals surface area contributed by atoms with Gasteiger partial charge in [0.05, 0.1) is 11.2 Å². The number of hydrogen-bond acceptors (Lipinski definition) is 4. The Morgan fingerprint density at radius 1 is 1.04 bits per heavy atom. The van der Waals surface area contributed by atoms with Crippen molar-refractivity contribution in [1.82, 2.24) is 29.5 Å². The molecule has 6 heteroatoms. The summed E-state index contributed by atoms with van der Waals surface area (Å²) in [5.74, 6) is 0.535. The first-order valence-electron chi connectivity index (χ1n) is 8.82. The van der Waals surface area contributed by atoms with E-state index in [0.717, 1.165) is 52.8 Å². The highest BCUT2D eigenvalue weighted by Gasteiger charge is 2.17. The van der Waals surface area contributed by atoms with Crippen molar-refractivity contribution in [3.05, 3.63) is 41.2 Å². The van der Waals surface area contributed by atoms with Gasteiger partial charge in [0.2, 0.25) is 0 Å². The molecule has 0 saturated heterocycles. The van der Waals surface area contributed by atoms with Gasteiger partial charge in [0.15, 0.2) is 5.65 Å². The molecule has 0 aliphatic rings. The molecule has 1 aromatic carbocycles. The van der Waals surface area contributed by atoms with Gasteiger partial charge in [-0.1, -0.05) is 31.5 Å². The molecule has 0 unspecified atom stereocenters. The third-order valence-corrected chi connectivity index (χ3v) is 4.81. The van der Waals surface area contributed by atoms with E-state index in [-0.39, 0.29) is 0 Å². The lowest BCUT2D eigenvalue weighted by Gasteiger charge is -2.05. The van der Waals surface area contributed by atoms with Gasteiger partial charge in [-0.15, -0.1) is 10.2 Å². The minimum atomic E-state index is 0.535. The molecule has 25 heavy (non-hydrogen) atoms. The monoisotopic (exact) mass is 334 g/mol. The van der Waals surface area contributed by atoms with E-state index in [1.807, 2.05) is 23.7 Å². The predicted molar refractivity (Wildman–Crippen MR) is 99.1 cm³/mol. The fourth-order valence-corrected chi connectivity index (χ4v) is 3.59. The van der Waals surface area contributed by atoms with E-state index >= 15 is 0 Å². The van der Waals surface area contributed by atoms with Crippen LogP contribution in [0.3, 0.4) is 0 Å². The van der Waals surface area contributed by atoms with Crippen LogP contribution in [-0.4, -0.2) is 29.5 Å². The summed E-state index contributed by atoms with van der Waals surface area (Å²) in [7, 11) is 0. The molecule has 3 aromatic heterocycles. The van der Waals surface area contributed by atoms with Gasteiger partial charge in [0.1, 0.15) is 5.52 Å². The summed E-state index contributed by atoms with van der Waals surface area (Å²) in [6.07, 6.45) is 2.11. The number of nitrogens with zero attached hydrogens (tertiary/aromatic N) is 6. The van der Waals surface area contributed by atoms with E-state index in [0.29, 0.717) is 5.95 Å². The number of benzene rings is 1. The van der Waals surface area contributed by atoms with Crippen molar-refractivity contribution in [1.29, 1.82) is 0 Å². The highest BCUT2D eigenvalue weighted by atomic mass is 15.4. The molecule has 0 bridgehead atoms. The average molecular weight is 334 g/mol. The summed E-state index contributed by atoms with van der Waals surface area (Å²) in [6.45, 7) is 9.26. The topological polar surface area (TPSA) is 61.4 Å². The Morgan fingerprint density at radius 3 is 2.60 bits per heavy atom. The fraction of sp³-hybridized carbons (Fsp3) is 0.368. The van der Waals surface area contributed by atoms with E-state index in [9.17, 15) is 0 Å². The van der Waals surface area contributed by atoms with Gasteiger partial charge in [-0.25, -0.2) is 4.68 Å². The lowest BCUT2D eigenvalue weighted by atomic mass is 10.1. The van der Waals surface area contributed by atoms with Crippen molar-refractivity contribution in [3.63, 3.8) is 0 Å². The van der Waals surface area contributed by atoms with E-state index in [1.54, 1.807) is 0 Å². The summed E-state index contributed by atoms with van der Waals surface area (Å²) in [5, 5.41) is 14.6. The van der Waals surface area contributed by atoms with Crippen molar-refractivity contribution < 1.29 is 0 Å². The van der Waals surface area contributed by atoms with Crippen LogP contribution in [-0.2, 0) is 13.0 Å². The van der Waals surface area contributed by atoms with Crippen LogP contribution in [0.15, 0.2) is 24.3 Å². The maximum absolute atomic E-state index is 4.82. The van der Waals surface area contributed by atoms with E-state index in [4.69, 9.17) is 4.98 Å². The third kappa shape index (κ3) is 2.32. The second kappa shape index (κ2) is 5.95. The van der Waals surface area contributed by atoms with E-state index in [1.165, 1.54) is 5.56 Å². The Kier molecular flexibility index (Phi) is 3.75. The summed E-state index contributed by atoms with van der Waals surface area (Å²) in [5.41, 5.74) is 6.26. The Labute approximate surface area is 146 Å². The van der Waals surface area contributed by atoms with Gasteiger partial charge in [-0.3, -0.25) is 0 Å². The Hall–Kier alpha value is -2.76. The zero-order chi connectivity index (χ0) is 17.6. The van der Waals surface area contributed by atoms with Crippen LogP contribution in [0.5, 0.6) is 0 Å². The molecule has 4 rings (SSSR count). The number of rotatable bonds is 4. The molecule has 4 aromatic rings. The second-order valence-electron chi connectivity index (χ2n) is 6.36. The molecule has 0 saturated carbocycles. The van der Waals surface area contributed by atoms with Crippen LogP contribution in [0.4, 0.5) is 0 Å². The van der Waals surface area contributed by atoms with Gasteiger partial charge >= 0.3 is 0 Å². The smallest absolute Gasteiger partial charge is 0.272 e. The molecule has 0 atom stereocenters. The van der Waals surface area contributed by atoms with Crippen molar-refractivity contribution >= 4 is 22.1 Å². The summed E-state index contributed by atoms with van der Waals surface area (Å²) >= 11 is 0. The molecule has 0 radical (unpaired) electrons. The number of para-hydroxylation sites is 1. The number of aryl methyl sites for hydroxylation is 2. The van der Waals surface area contributed by atoms with Gasteiger partial charge in [0.25, 0.3) is 5.95 Å². The molecular formula is C19H22N6. The van der Waals surface area contributed by atoms with Crippen LogP contribution in [0.2, 0.25) is 0 Å². The minimum absolute atomic E-state index is 0.535. The van der Waals surface area contributed by atoms with Crippen molar-refractivity contribution in [2.24, 2.45) is 0 Å². The van der Waals surface area contributed by atoms with Gasteiger partial charge < -0.3 is 4.57 Å². The first kappa shape index (κ1) is 15.7. The van der Waals surface area contributed by atoms with Crippen LogP contribution in [0.1, 0.15) is 37.2 Å². The van der Waals surface area contributed by atoms with Gasteiger partial charge in [-0.2, -0.15) is 10.1 Å². The molecule has 128 valence electrons. The Balaban J connectivity index is 1.96. The van der Waals surface area contributed by atoms with Crippen molar-refractivity contribution in [2.75, 3.05) is 0 Å². The van der Waals surface area contributed by atoms with Crippen LogP contribution in [0, 0.1) is 13.8 Å². The molecule has 0 N–H and O–H groups in total. The first-order chi connectivity index (χ1) is 12.2. The van der Waals surface area contributed by atoms with E-state index < -0.39 is 0 Å². The molecule has 0 spiro atoms. The first-order valence-corrected chi connectivity index (χ1v) is 8.82. The van der Waals surface area contributed by atoms with Gasteiger partial charge in [0, 0.05) is 17.6 Å². The second-order valence-corrected chi connectivity index (χ2v) is 6.36. The summed E-state index contributed by atoms with van der Waals surface area (Å²) in [6, 6.07) is 8.24. The Morgan fingerprint density at radius 2 is 1.84 bits per heavy atom. The molecule has 0 aliphatic carbocycles. The largest absolute Gasteiger partial charge is 0.324 e. The molecule has 0 amide bonds. The zero-order valence-electron chi connectivity index (χ0n) is 15.1. The van der Waals surface area contributed by atoms with Crippen LogP contribution in [0.25, 0.3) is 28.0 Å². The lowest BCUT2D eigenvalue weighted by molar-refractivity contribution is 0.743. The number of hydrogen-bond donors (Lipinski definition) is 0. The maximum Gasteiger partial charge on any atom is 0.272 e. The predicted octanol–water partition coefficient (Wildman–Crippen LogP) is 3.75. The summed E-state index contributed by atoms with van der Waals surface area (Å²) in [4.78, 5) is 4.82. The number of fused-ring (bicyclic) bond motifs is 3. The quantitative estimate of drug-likeness (QED) is 0.570. The number of aromatic nitrogens is 6. The Bertz CT molecular complexity index is 1070. The summed E-state index contributed by atoms with van der Waals surface area (Å²) < 4.78 is 4.01. The molecule has 6 nitrogen and oxygen atoms in total. The normalized spacial score (nSPS) is 11.7. The van der Waals surface area contributed by atoms with Crippen molar-refractivity contribution in [3.8, 4) is 5.95 Å². The molecule has 0 fully saturated rings. The molecule has 3 heterocycles. The average Bonchev–Trinajstić information content (AvgIpc) is 3.10. The minimum Gasteiger partial charge on any atom is -0.324 e. The fourth-order valence-electron chi connectivity index (χ4n) is 3.59. The maximum atomic E-state index is 4.82. The van der Waals surface area contributed by atoms with Gasteiger partial charge in [-0.05, 0) is 38.8 Å². The van der Waals surface area contributed by atoms with Crippen LogP contribution < -0.4 is 0 Å². The lowest BCUT2D eigenvalue weighted by Crippen LogP contribution is -2.08. The zero-order valence-corrected chi connectivity index (χ0v) is 15.1. The third-order valence-electron chi connectivity index (χ3n) is 4.81. The van der Waals surface area contributed by atoms with Crippen molar-refractivity contribution in [2.45, 2.75) is 47.1 Å². The highest BCUT2D eigenvalue weighted by molar-refractivity contribution is 6.04. The standard InChI is InChI=1S/C19H22N6/c1-5-9-14-12(3)23-25(13(14)4)19-20-18-17(21-22-19)15-10-7-8-11-16(15)24(18)6-2/h7-8,10-11H,5-6,9H2,1-4H3. The molecular weight excluding hydrogens is 312 g/mol. The van der Waals surface area contributed by atoms with E-state index in [2.05, 4.69) is 52.8 Å².